The maximum absolute atomic E-state index is 10.3. The van der Waals surface area contributed by atoms with E-state index in [1.165, 1.54) is 0 Å². The van der Waals surface area contributed by atoms with Crippen molar-refractivity contribution >= 4 is 6.29 Å². The molecule has 0 saturated heterocycles. The molecule has 0 aromatic rings. The average Bonchev–Trinajstić information content (AvgIpc) is 2.03. The second-order valence-electron chi connectivity index (χ2n) is 2.83. The summed E-state index contributed by atoms with van der Waals surface area (Å²) in [5.74, 6) is 0. The van der Waals surface area contributed by atoms with E-state index in [9.17, 15) is 4.79 Å². The lowest BCUT2D eigenvalue weighted by molar-refractivity contribution is 0.249. The van der Waals surface area contributed by atoms with Crippen LogP contribution in [0.1, 0.15) is 33.6 Å². The summed E-state index contributed by atoms with van der Waals surface area (Å²) in [5, 5.41) is 0. The molecule has 0 bridgehead atoms. The van der Waals surface area contributed by atoms with Gasteiger partial charge in [-0.05, 0) is 32.9 Å². The molecule has 1 radical (unpaired) electrons. The normalized spacial score (nSPS) is 13.5. The molecule has 0 rings (SSSR count). The third-order valence-corrected chi connectivity index (χ3v) is 1.74. The second-order valence-corrected chi connectivity index (χ2v) is 2.83. The maximum atomic E-state index is 10.3. The molecule has 0 fully saturated rings. The Morgan fingerprint density at radius 3 is 2.00 bits per heavy atom. The fourth-order valence-corrected chi connectivity index (χ4v) is 1.15. The van der Waals surface area contributed by atoms with E-state index in [1.807, 2.05) is 13.2 Å². The largest absolute Gasteiger partial charge is 0.293 e. The Kier molecular flexibility index (Phi) is 6.13. The smallest absolute Gasteiger partial charge is 0.216 e. The lowest BCUT2D eigenvalue weighted by atomic mass is 10.2. The lowest BCUT2D eigenvalue weighted by Gasteiger charge is -2.23. The molecule has 0 aliphatic heterocycles. The first-order chi connectivity index (χ1) is 5.26. The van der Waals surface area contributed by atoms with Crippen LogP contribution in [0.25, 0.3) is 0 Å². The van der Waals surface area contributed by atoms with Crippen LogP contribution in [0.15, 0.2) is 0 Å². The Bertz CT molecular complexity index is 97.7. The summed E-state index contributed by atoms with van der Waals surface area (Å²) in [5.41, 5.74) is 0. The Morgan fingerprint density at radius 2 is 1.73 bits per heavy atom. The van der Waals surface area contributed by atoms with Crippen LogP contribution in [-0.2, 0) is 4.79 Å². The number of carbonyl (C=O) groups excluding carboxylic acids is 1. The number of hydrogen-bond donors (Lipinski definition) is 0. The van der Waals surface area contributed by atoms with Crippen LogP contribution in [0, 0.1) is 0 Å². The molecule has 0 aliphatic rings. The fraction of sp³-hybridized carbons (Fsp3) is 0.889. The van der Waals surface area contributed by atoms with Gasteiger partial charge in [0, 0.05) is 0 Å². The highest BCUT2D eigenvalue weighted by Gasteiger charge is 2.10. The van der Waals surface area contributed by atoms with Gasteiger partial charge in [-0.3, -0.25) is 9.69 Å². The van der Waals surface area contributed by atoms with E-state index in [-0.39, 0.29) is 6.04 Å². The topological polar surface area (TPSA) is 20.3 Å². The van der Waals surface area contributed by atoms with Crippen molar-refractivity contribution in [3.05, 3.63) is 0 Å². The molecule has 65 valence electrons. The van der Waals surface area contributed by atoms with Crippen LogP contribution in [0.4, 0.5) is 0 Å². The molecule has 1 atom stereocenters. The molecule has 0 amide bonds. The van der Waals surface area contributed by atoms with E-state index in [2.05, 4.69) is 18.7 Å². The molecule has 2 heteroatoms. The standard InChI is InChI=1S/C9H18NO/c1-4-6-10(7-5-2)9(3)8-11/h9H,4-7H2,1-3H3. The Labute approximate surface area is 69.6 Å². The van der Waals surface area contributed by atoms with E-state index in [0.29, 0.717) is 0 Å². The van der Waals surface area contributed by atoms with Crippen molar-refractivity contribution in [2.24, 2.45) is 0 Å². The van der Waals surface area contributed by atoms with E-state index in [0.717, 1.165) is 25.9 Å². The predicted molar refractivity (Wildman–Crippen MR) is 47.3 cm³/mol. The van der Waals surface area contributed by atoms with Crippen LogP contribution in [-0.4, -0.2) is 30.3 Å². The third-order valence-electron chi connectivity index (χ3n) is 1.74. The molecule has 0 aliphatic carbocycles. The van der Waals surface area contributed by atoms with Crippen LogP contribution in [0.2, 0.25) is 0 Å². The van der Waals surface area contributed by atoms with Crippen molar-refractivity contribution < 1.29 is 4.79 Å². The molecule has 0 aromatic heterocycles. The monoisotopic (exact) mass is 156 g/mol. The fourth-order valence-electron chi connectivity index (χ4n) is 1.15. The summed E-state index contributed by atoms with van der Waals surface area (Å²) in [7, 11) is 0. The zero-order valence-electron chi connectivity index (χ0n) is 7.76. The van der Waals surface area contributed by atoms with E-state index in [1.54, 1.807) is 0 Å². The lowest BCUT2D eigenvalue weighted by Crippen LogP contribution is -2.35. The molecule has 2 nitrogen and oxygen atoms in total. The van der Waals surface area contributed by atoms with Crippen LogP contribution >= 0.6 is 0 Å². The Hall–Kier alpha value is -0.370. The van der Waals surface area contributed by atoms with Gasteiger partial charge in [-0.2, -0.15) is 0 Å². The zero-order valence-corrected chi connectivity index (χ0v) is 7.76. The van der Waals surface area contributed by atoms with Crippen molar-refractivity contribution in [3.8, 4) is 0 Å². The minimum Gasteiger partial charge on any atom is -0.293 e. The summed E-state index contributed by atoms with van der Waals surface area (Å²) < 4.78 is 0. The van der Waals surface area contributed by atoms with Crippen molar-refractivity contribution in [2.45, 2.75) is 39.7 Å². The first-order valence-corrected chi connectivity index (χ1v) is 4.38. The molecular weight excluding hydrogens is 138 g/mol. The third kappa shape index (κ3) is 4.14. The van der Waals surface area contributed by atoms with Crippen LogP contribution < -0.4 is 0 Å². The van der Waals surface area contributed by atoms with Gasteiger partial charge in [0.2, 0.25) is 6.29 Å². The van der Waals surface area contributed by atoms with Gasteiger partial charge >= 0.3 is 0 Å². The summed E-state index contributed by atoms with van der Waals surface area (Å²) >= 11 is 0. The molecule has 1 unspecified atom stereocenters. The zero-order chi connectivity index (χ0) is 8.69. The number of rotatable bonds is 6. The minimum absolute atomic E-state index is 0.0325. The molecular formula is C9H18NO. The van der Waals surface area contributed by atoms with Gasteiger partial charge in [0.05, 0.1) is 6.04 Å². The molecule has 11 heavy (non-hydrogen) atoms. The van der Waals surface area contributed by atoms with Gasteiger partial charge < -0.3 is 0 Å². The van der Waals surface area contributed by atoms with Gasteiger partial charge in [-0.1, -0.05) is 13.8 Å². The van der Waals surface area contributed by atoms with Crippen LogP contribution in [0.3, 0.4) is 0 Å². The second kappa shape index (κ2) is 6.35. The van der Waals surface area contributed by atoms with Crippen LogP contribution in [0.5, 0.6) is 0 Å². The average molecular weight is 156 g/mol. The highest BCUT2D eigenvalue weighted by Crippen LogP contribution is 1.98. The maximum Gasteiger partial charge on any atom is 0.216 e. The first-order valence-electron chi connectivity index (χ1n) is 4.38. The van der Waals surface area contributed by atoms with Crippen molar-refractivity contribution in [3.63, 3.8) is 0 Å². The molecule has 0 spiro atoms. The molecule has 0 heterocycles. The number of hydrogen-bond acceptors (Lipinski definition) is 2. The molecule has 0 N–H and O–H groups in total. The Balaban J connectivity index is 3.75. The van der Waals surface area contributed by atoms with E-state index >= 15 is 0 Å². The quantitative estimate of drug-likeness (QED) is 0.582. The van der Waals surface area contributed by atoms with Gasteiger partial charge in [-0.15, -0.1) is 0 Å². The van der Waals surface area contributed by atoms with E-state index in [4.69, 9.17) is 0 Å². The van der Waals surface area contributed by atoms with Gasteiger partial charge in [-0.25, -0.2) is 0 Å². The Morgan fingerprint density at radius 1 is 1.27 bits per heavy atom. The van der Waals surface area contributed by atoms with Gasteiger partial charge in [0.15, 0.2) is 0 Å². The van der Waals surface area contributed by atoms with Crippen molar-refractivity contribution in [1.29, 1.82) is 0 Å². The first kappa shape index (κ1) is 10.6. The summed E-state index contributed by atoms with van der Waals surface area (Å²) in [6.45, 7) is 8.16. The minimum atomic E-state index is -0.0325. The molecule has 0 aromatic carbocycles. The summed E-state index contributed by atoms with van der Waals surface area (Å²) in [4.78, 5) is 12.5. The summed E-state index contributed by atoms with van der Waals surface area (Å²) in [6.07, 6.45) is 4.22. The van der Waals surface area contributed by atoms with Gasteiger partial charge in [0.25, 0.3) is 0 Å². The number of nitrogens with zero attached hydrogens (tertiary/aromatic N) is 1. The highest BCUT2D eigenvalue weighted by molar-refractivity contribution is 5.57. The van der Waals surface area contributed by atoms with Crippen molar-refractivity contribution in [2.75, 3.05) is 13.1 Å². The molecule has 0 saturated carbocycles. The van der Waals surface area contributed by atoms with Crippen molar-refractivity contribution in [1.82, 2.24) is 4.90 Å². The summed E-state index contributed by atoms with van der Waals surface area (Å²) in [6, 6.07) is -0.0325. The predicted octanol–water partition coefficient (Wildman–Crippen LogP) is 1.61. The highest BCUT2D eigenvalue weighted by atomic mass is 16.1. The van der Waals surface area contributed by atoms with E-state index < -0.39 is 0 Å². The SMILES string of the molecule is CCCN(CCC)C(C)[C]=O. The van der Waals surface area contributed by atoms with Gasteiger partial charge in [0.1, 0.15) is 0 Å².